The van der Waals surface area contributed by atoms with Gasteiger partial charge in [0.2, 0.25) is 0 Å². The fourth-order valence-electron chi connectivity index (χ4n) is 3.03. The van der Waals surface area contributed by atoms with Gasteiger partial charge in [-0.05, 0) is 39.9 Å². The van der Waals surface area contributed by atoms with Gasteiger partial charge in [0, 0.05) is 33.2 Å². The molecular formula is C18H23BrN4O2. The van der Waals surface area contributed by atoms with Crippen molar-refractivity contribution in [2.24, 2.45) is 7.05 Å². The summed E-state index contributed by atoms with van der Waals surface area (Å²) in [6, 6.07) is 8.31. The Hall–Kier alpha value is -1.70. The van der Waals surface area contributed by atoms with E-state index in [1.54, 1.807) is 13.2 Å². The zero-order valence-electron chi connectivity index (χ0n) is 14.3. The fraction of sp³-hybridized carbons (Fsp3) is 0.444. The number of aryl methyl sites for hydroxylation is 1. The molecule has 3 rings (SSSR count). The van der Waals surface area contributed by atoms with E-state index in [4.69, 9.17) is 0 Å². The smallest absolute Gasteiger partial charge is 0.282 e. The SMILES string of the molecule is Cn1ncc(NCc2ccccc2CN2CCC(O)CC2)c(Br)c1=O. The molecule has 1 aliphatic rings. The Labute approximate surface area is 155 Å². The lowest BCUT2D eigenvalue weighted by atomic mass is 10.0. The van der Waals surface area contributed by atoms with Crippen molar-refractivity contribution < 1.29 is 5.11 Å². The first kappa shape index (κ1) is 18.1. The number of likely N-dealkylation sites (tertiary alicyclic amines) is 1. The lowest BCUT2D eigenvalue weighted by molar-refractivity contribution is 0.0791. The number of anilines is 1. The molecule has 0 aliphatic carbocycles. The van der Waals surface area contributed by atoms with Crippen LogP contribution in [0.25, 0.3) is 0 Å². The summed E-state index contributed by atoms with van der Waals surface area (Å²) in [5, 5.41) is 17.0. The van der Waals surface area contributed by atoms with E-state index in [2.05, 4.69) is 43.4 Å². The molecule has 0 bridgehead atoms. The number of piperidine rings is 1. The Balaban J connectivity index is 1.69. The first-order valence-corrected chi connectivity index (χ1v) is 9.27. The summed E-state index contributed by atoms with van der Waals surface area (Å²) in [5.74, 6) is 0. The van der Waals surface area contributed by atoms with Crippen molar-refractivity contribution in [2.75, 3.05) is 18.4 Å². The number of aliphatic hydroxyl groups is 1. The van der Waals surface area contributed by atoms with E-state index >= 15 is 0 Å². The minimum atomic E-state index is -0.162. The van der Waals surface area contributed by atoms with Crippen LogP contribution in [0.4, 0.5) is 5.69 Å². The summed E-state index contributed by atoms with van der Waals surface area (Å²) in [7, 11) is 1.63. The van der Waals surface area contributed by atoms with E-state index < -0.39 is 0 Å². The summed E-state index contributed by atoms with van der Waals surface area (Å²) in [6.07, 6.45) is 3.18. The van der Waals surface area contributed by atoms with Gasteiger partial charge in [-0.1, -0.05) is 24.3 Å². The zero-order valence-corrected chi connectivity index (χ0v) is 15.9. The first-order valence-electron chi connectivity index (χ1n) is 8.47. The summed E-state index contributed by atoms with van der Waals surface area (Å²) in [5.41, 5.74) is 2.99. The number of halogens is 1. The van der Waals surface area contributed by atoms with Gasteiger partial charge in [0.05, 0.1) is 18.0 Å². The number of hydrogen-bond donors (Lipinski definition) is 2. The molecule has 1 saturated heterocycles. The molecule has 0 atom stereocenters. The first-order chi connectivity index (χ1) is 12.0. The van der Waals surface area contributed by atoms with Crippen molar-refractivity contribution in [2.45, 2.75) is 32.0 Å². The van der Waals surface area contributed by atoms with Crippen LogP contribution in [0.1, 0.15) is 24.0 Å². The molecule has 7 heteroatoms. The quantitative estimate of drug-likeness (QED) is 0.795. The number of aliphatic hydroxyl groups excluding tert-OH is 1. The van der Waals surface area contributed by atoms with Crippen LogP contribution in [0.5, 0.6) is 0 Å². The van der Waals surface area contributed by atoms with Crippen molar-refractivity contribution in [1.82, 2.24) is 14.7 Å². The van der Waals surface area contributed by atoms with Crippen molar-refractivity contribution in [3.63, 3.8) is 0 Å². The third-order valence-corrected chi connectivity index (χ3v) is 5.38. The molecule has 1 aromatic carbocycles. The van der Waals surface area contributed by atoms with Gasteiger partial charge in [0.1, 0.15) is 4.47 Å². The fourth-order valence-corrected chi connectivity index (χ4v) is 3.53. The van der Waals surface area contributed by atoms with Gasteiger partial charge in [-0.2, -0.15) is 5.10 Å². The summed E-state index contributed by atoms with van der Waals surface area (Å²) in [6.45, 7) is 3.35. The lowest BCUT2D eigenvalue weighted by Crippen LogP contribution is -2.35. The molecule has 1 aromatic heterocycles. The molecule has 0 unspecified atom stereocenters. The average molecular weight is 407 g/mol. The van der Waals surface area contributed by atoms with Crippen molar-refractivity contribution in [3.05, 3.63) is 56.4 Å². The largest absolute Gasteiger partial charge is 0.393 e. The average Bonchev–Trinajstić information content (AvgIpc) is 2.62. The van der Waals surface area contributed by atoms with Crippen LogP contribution < -0.4 is 10.9 Å². The predicted octanol–water partition coefficient (Wildman–Crippen LogP) is 2.11. The highest BCUT2D eigenvalue weighted by Crippen LogP contribution is 2.20. The molecule has 2 aromatic rings. The van der Waals surface area contributed by atoms with Crippen molar-refractivity contribution in [3.8, 4) is 0 Å². The molecule has 0 spiro atoms. The topological polar surface area (TPSA) is 70.4 Å². The molecule has 0 saturated carbocycles. The normalized spacial score (nSPS) is 16.1. The van der Waals surface area contributed by atoms with E-state index in [-0.39, 0.29) is 11.7 Å². The van der Waals surface area contributed by atoms with Crippen LogP contribution in [0.15, 0.2) is 39.7 Å². The maximum Gasteiger partial charge on any atom is 0.282 e. The van der Waals surface area contributed by atoms with Crippen molar-refractivity contribution in [1.29, 1.82) is 0 Å². The number of hydrogen-bond acceptors (Lipinski definition) is 5. The second-order valence-electron chi connectivity index (χ2n) is 6.43. The van der Waals surface area contributed by atoms with Gasteiger partial charge in [0.15, 0.2) is 0 Å². The summed E-state index contributed by atoms with van der Waals surface area (Å²) >= 11 is 3.34. The highest BCUT2D eigenvalue weighted by Gasteiger charge is 2.17. The van der Waals surface area contributed by atoms with E-state index in [0.717, 1.165) is 32.5 Å². The highest BCUT2D eigenvalue weighted by molar-refractivity contribution is 9.10. The highest BCUT2D eigenvalue weighted by atomic mass is 79.9. The Bertz CT molecular complexity index is 785. The van der Waals surface area contributed by atoms with E-state index in [1.807, 2.05) is 12.1 Å². The number of nitrogens with one attached hydrogen (secondary N) is 1. The molecule has 134 valence electrons. The third kappa shape index (κ3) is 4.48. The van der Waals surface area contributed by atoms with Crippen LogP contribution in [-0.2, 0) is 20.1 Å². The number of nitrogens with zero attached hydrogens (tertiary/aromatic N) is 3. The van der Waals surface area contributed by atoms with Gasteiger partial charge in [0.25, 0.3) is 5.56 Å². The molecule has 1 fully saturated rings. The molecule has 2 N–H and O–H groups in total. The molecule has 2 heterocycles. The van der Waals surface area contributed by atoms with E-state index in [9.17, 15) is 9.90 Å². The molecular weight excluding hydrogens is 384 g/mol. The van der Waals surface area contributed by atoms with Crippen LogP contribution in [-0.4, -0.2) is 39.0 Å². The number of rotatable bonds is 5. The third-order valence-electron chi connectivity index (χ3n) is 4.62. The summed E-state index contributed by atoms with van der Waals surface area (Å²) < 4.78 is 1.79. The van der Waals surface area contributed by atoms with Crippen molar-refractivity contribution >= 4 is 21.6 Å². The molecule has 0 radical (unpaired) electrons. The molecule has 1 aliphatic heterocycles. The van der Waals surface area contributed by atoms with Gasteiger partial charge in [-0.15, -0.1) is 0 Å². The van der Waals surface area contributed by atoms with Gasteiger partial charge < -0.3 is 10.4 Å². The zero-order chi connectivity index (χ0) is 17.8. The summed E-state index contributed by atoms with van der Waals surface area (Å²) in [4.78, 5) is 14.3. The predicted molar refractivity (Wildman–Crippen MR) is 101 cm³/mol. The molecule has 25 heavy (non-hydrogen) atoms. The Morgan fingerprint density at radius 2 is 1.96 bits per heavy atom. The number of aromatic nitrogens is 2. The standard InChI is InChI=1S/C18H23BrN4O2/c1-22-18(25)17(19)16(11-21-22)20-10-13-4-2-3-5-14(13)12-23-8-6-15(24)7-9-23/h2-5,11,15,20,24H,6-10,12H2,1H3. The Morgan fingerprint density at radius 1 is 1.28 bits per heavy atom. The maximum absolute atomic E-state index is 11.9. The minimum Gasteiger partial charge on any atom is -0.393 e. The minimum absolute atomic E-state index is 0.154. The maximum atomic E-state index is 11.9. The van der Waals surface area contributed by atoms with Gasteiger partial charge in [-0.25, -0.2) is 4.68 Å². The lowest BCUT2D eigenvalue weighted by Gasteiger charge is -2.30. The second-order valence-corrected chi connectivity index (χ2v) is 7.22. The van der Waals surface area contributed by atoms with E-state index in [1.165, 1.54) is 15.8 Å². The molecule has 0 amide bonds. The number of benzene rings is 1. The second kappa shape index (κ2) is 8.12. The van der Waals surface area contributed by atoms with Crippen LogP contribution in [0.3, 0.4) is 0 Å². The monoisotopic (exact) mass is 406 g/mol. The Kier molecular flexibility index (Phi) is 5.88. The van der Waals surface area contributed by atoms with Crippen LogP contribution >= 0.6 is 15.9 Å². The van der Waals surface area contributed by atoms with Crippen LogP contribution in [0, 0.1) is 0 Å². The van der Waals surface area contributed by atoms with Gasteiger partial charge in [-0.3, -0.25) is 9.69 Å². The Morgan fingerprint density at radius 3 is 2.68 bits per heavy atom. The van der Waals surface area contributed by atoms with E-state index in [0.29, 0.717) is 16.7 Å². The van der Waals surface area contributed by atoms with Crippen LogP contribution in [0.2, 0.25) is 0 Å². The van der Waals surface area contributed by atoms with Gasteiger partial charge >= 0.3 is 0 Å². The molecule has 6 nitrogen and oxygen atoms in total.